The number of fused-ring (bicyclic) bond motifs is 2. The molecule has 0 atom stereocenters. The van der Waals surface area contributed by atoms with Crippen LogP contribution in [0, 0.1) is 6.92 Å². The van der Waals surface area contributed by atoms with E-state index in [9.17, 15) is 9.59 Å². The first-order valence-corrected chi connectivity index (χ1v) is 17.7. The van der Waals surface area contributed by atoms with Gasteiger partial charge < -0.3 is 10.6 Å². The number of anilines is 2. The summed E-state index contributed by atoms with van der Waals surface area (Å²) >= 11 is 13.5. The molecule has 0 radical (unpaired) electrons. The van der Waals surface area contributed by atoms with Crippen molar-refractivity contribution in [2.24, 2.45) is 0 Å². The Balaban J connectivity index is 1.10. The highest BCUT2D eigenvalue weighted by atomic mass is 35.5. The molecule has 0 unspecified atom stereocenters. The lowest BCUT2D eigenvalue weighted by Crippen LogP contribution is -2.15. The summed E-state index contributed by atoms with van der Waals surface area (Å²) < 4.78 is 3.67. The molecule has 0 saturated carbocycles. The van der Waals surface area contributed by atoms with Crippen LogP contribution in [-0.2, 0) is 13.1 Å². The number of hydrogen-bond acceptors (Lipinski definition) is 8. The van der Waals surface area contributed by atoms with Gasteiger partial charge in [0.15, 0.2) is 17.3 Å². The SMILES string of the molecule is Cc1ncsc1C(=O)Nc1nn(Cc2ccc(Cl)cc2)c2ccc(-c3cnnc(C(=O)Nc4nn(Cc5ccc(Cl)cc5)c5ccccc45)c3)cc12. The first-order chi connectivity index (χ1) is 25.3. The number of carbonyl (C=O) groups excluding carboxylic acids is 2. The third-order valence-electron chi connectivity index (χ3n) is 8.54. The number of nitrogens with zero attached hydrogens (tertiary/aromatic N) is 7. The second-order valence-corrected chi connectivity index (χ2v) is 13.7. The smallest absolute Gasteiger partial charge is 0.277 e. The fourth-order valence-electron chi connectivity index (χ4n) is 5.93. The van der Waals surface area contributed by atoms with E-state index in [1.54, 1.807) is 24.7 Å². The van der Waals surface area contributed by atoms with Crippen LogP contribution in [0.25, 0.3) is 32.9 Å². The third kappa shape index (κ3) is 6.74. The molecular formula is C38H27Cl2N9O2S. The molecule has 0 bridgehead atoms. The van der Waals surface area contributed by atoms with Crippen molar-refractivity contribution in [3.05, 3.63) is 146 Å². The summed E-state index contributed by atoms with van der Waals surface area (Å²) in [5.41, 5.74) is 7.48. The van der Waals surface area contributed by atoms with Crippen LogP contribution in [0.2, 0.25) is 10.0 Å². The van der Waals surface area contributed by atoms with Gasteiger partial charge in [-0.3, -0.25) is 19.0 Å². The molecule has 2 N–H and O–H groups in total. The van der Waals surface area contributed by atoms with Gasteiger partial charge in [-0.2, -0.15) is 15.3 Å². The van der Waals surface area contributed by atoms with Crippen molar-refractivity contribution in [3.63, 3.8) is 0 Å². The van der Waals surface area contributed by atoms with Crippen molar-refractivity contribution in [3.8, 4) is 11.1 Å². The molecule has 0 saturated heterocycles. The monoisotopic (exact) mass is 743 g/mol. The average molecular weight is 745 g/mol. The van der Waals surface area contributed by atoms with Crippen molar-refractivity contribution in [1.82, 2.24) is 34.7 Å². The maximum Gasteiger partial charge on any atom is 0.277 e. The number of para-hydroxylation sites is 1. The number of carbonyl (C=O) groups is 2. The van der Waals surface area contributed by atoms with Crippen molar-refractivity contribution < 1.29 is 9.59 Å². The summed E-state index contributed by atoms with van der Waals surface area (Å²) in [5, 5.41) is 26.6. The van der Waals surface area contributed by atoms with Gasteiger partial charge in [-0.15, -0.1) is 16.4 Å². The van der Waals surface area contributed by atoms with Crippen LogP contribution < -0.4 is 10.6 Å². The Kier molecular flexibility index (Phi) is 8.93. The summed E-state index contributed by atoms with van der Waals surface area (Å²) in [5.74, 6) is 0.0506. The predicted octanol–water partition coefficient (Wildman–Crippen LogP) is 8.52. The molecule has 0 aliphatic heterocycles. The van der Waals surface area contributed by atoms with Crippen molar-refractivity contribution in [2.45, 2.75) is 20.0 Å². The van der Waals surface area contributed by atoms with Gasteiger partial charge in [0.25, 0.3) is 11.8 Å². The zero-order valence-electron chi connectivity index (χ0n) is 27.4. The van der Waals surface area contributed by atoms with Gasteiger partial charge in [0.05, 0.1) is 41.5 Å². The van der Waals surface area contributed by atoms with Crippen molar-refractivity contribution in [1.29, 1.82) is 0 Å². The van der Waals surface area contributed by atoms with Gasteiger partial charge in [0.2, 0.25) is 0 Å². The normalized spacial score (nSPS) is 11.3. The average Bonchev–Trinajstić information content (AvgIpc) is 3.85. The van der Waals surface area contributed by atoms with Gasteiger partial charge >= 0.3 is 0 Å². The van der Waals surface area contributed by atoms with Crippen LogP contribution >= 0.6 is 34.5 Å². The number of aryl methyl sites for hydroxylation is 1. The quantitative estimate of drug-likeness (QED) is 0.151. The predicted molar refractivity (Wildman–Crippen MR) is 204 cm³/mol. The molecular weight excluding hydrogens is 717 g/mol. The first kappa shape index (κ1) is 33.2. The summed E-state index contributed by atoms with van der Waals surface area (Å²) in [6.07, 6.45) is 1.59. The molecule has 256 valence electrons. The molecule has 11 nitrogen and oxygen atoms in total. The number of benzene rings is 4. The maximum atomic E-state index is 13.6. The summed E-state index contributed by atoms with van der Waals surface area (Å²) in [7, 11) is 0. The fourth-order valence-corrected chi connectivity index (χ4v) is 6.88. The Morgan fingerprint density at radius 3 is 1.98 bits per heavy atom. The van der Waals surface area contributed by atoms with Gasteiger partial charge in [-0.05, 0) is 78.2 Å². The van der Waals surface area contributed by atoms with Gasteiger partial charge in [0, 0.05) is 26.4 Å². The van der Waals surface area contributed by atoms with E-state index in [1.807, 2.05) is 100 Å². The molecule has 4 heterocycles. The molecule has 14 heteroatoms. The lowest BCUT2D eigenvalue weighted by molar-refractivity contribution is 0.101. The van der Waals surface area contributed by atoms with Gasteiger partial charge in [-0.1, -0.05) is 65.7 Å². The van der Waals surface area contributed by atoms with Crippen LogP contribution in [-0.4, -0.2) is 46.6 Å². The lowest BCUT2D eigenvalue weighted by atomic mass is 10.0. The Morgan fingerprint density at radius 2 is 1.33 bits per heavy atom. The summed E-state index contributed by atoms with van der Waals surface area (Å²) in [4.78, 5) is 31.6. The highest BCUT2D eigenvalue weighted by molar-refractivity contribution is 7.12. The van der Waals surface area contributed by atoms with E-state index in [4.69, 9.17) is 33.4 Å². The van der Waals surface area contributed by atoms with E-state index in [1.165, 1.54) is 11.3 Å². The molecule has 0 aliphatic carbocycles. The number of nitrogens with one attached hydrogen (secondary N) is 2. The highest BCUT2D eigenvalue weighted by Gasteiger charge is 2.20. The first-order valence-electron chi connectivity index (χ1n) is 16.1. The molecule has 0 spiro atoms. The largest absolute Gasteiger partial charge is 0.304 e. The van der Waals surface area contributed by atoms with Crippen LogP contribution in [0.1, 0.15) is 37.0 Å². The minimum Gasteiger partial charge on any atom is -0.304 e. The Labute approximate surface area is 310 Å². The zero-order valence-corrected chi connectivity index (χ0v) is 29.7. The second-order valence-electron chi connectivity index (χ2n) is 12.0. The number of aromatic nitrogens is 7. The van der Waals surface area contributed by atoms with Crippen LogP contribution in [0.3, 0.4) is 0 Å². The van der Waals surface area contributed by atoms with Gasteiger partial charge in [-0.25, -0.2) is 4.98 Å². The van der Waals surface area contributed by atoms with Crippen LogP contribution in [0.4, 0.5) is 11.6 Å². The van der Waals surface area contributed by atoms with E-state index in [0.717, 1.165) is 33.1 Å². The molecule has 52 heavy (non-hydrogen) atoms. The van der Waals surface area contributed by atoms with Crippen LogP contribution in [0.5, 0.6) is 0 Å². The number of halogens is 2. The Morgan fingerprint density at radius 1 is 0.712 bits per heavy atom. The zero-order chi connectivity index (χ0) is 35.8. The highest BCUT2D eigenvalue weighted by Crippen LogP contribution is 2.31. The molecule has 4 aromatic carbocycles. The maximum absolute atomic E-state index is 13.6. The molecule has 0 aliphatic rings. The van der Waals surface area contributed by atoms with E-state index >= 15 is 0 Å². The van der Waals surface area contributed by atoms with Crippen molar-refractivity contribution in [2.75, 3.05) is 10.6 Å². The standard InChI is InChI=1S/C38H27Cl2N9O2S/c1-22-34(52-21-41-22)38(51)44-36-30-16-25(10-15-33(30)49(47-36)20-24-8-13-28(40)14-9-24)26-17-31(45-42-18-26)37(50)43-35-29-4-2-3-5-32(29)48(46-35)19-23-6-11-27(39)12-7-23/h2-18,21H,19-20H2,1H3,(H,43,46,50)(H,44,47,51). The van der Waals surface area contributed by atoms with E-state index in [2.05, 4.69) is 25.8 Å². The summed E-state index contributed by atoms with van der Waals surface area (Å²) in [6.45, 7) is 2.74. The third-order valence-corrected chi connectivity index (χ3v) is 9.97. The summed E-state index contributed by atoms with van der Waals surface area (Å²) in [6, 6.07) is 30.2. The topological polar surface area (TPSA) is 133 Å². The minimum absolute atomic E-state index is 0.113. The van der Waals surface area contributed by atoms with Crippen LogP contribution in [0.15, 0.2) is 109 Å². The molecule has 4 aromatic heterocycles. The number of amides is 2. The Bertz CT molecular complexity index is 2610. The fraction of sp³-hybridized carbons (Fsp3) is 0.0789. The Hall–Kier alpha value is -5.95. The number of hydrogen-bond donors (Lipinski definition) is 2. The number of thiazole rings is 1. The lowest BCUT2D eigenvalue weighted by Gasteiger charge is -2.07. The van der Waals surface area contributed by atoms with E-state index in [0.29, 0.717) is 56.3 Å². The van der Waals surface area contributed by atoms with E-state index in [-0.39, 0.29) is 11.6 Å². The van der Waals surface area contributed by atoms with Gasteiger partial charge in [0.1, 0.15) is 4.88 Å². The number of rotatable bonds is 9. The molecule has 8 aromatic rings. The second kappa shape index (κ2) is 14.0. The molecule has 0 fully saturated rings. The van der Waals surface area contributed by atoms with E-state index < -0.39 is 5.91 Å². The van der Waals surface area contributed by atoms with Crippen molar-refractivity contribution >= 4 is 79.8 Å². The minimum atomic E-state index is -0.457. The molecule has 2 amide bonds. The molecule has 8 rings (SSSR count).